The smallest absolute Gasteiger partial charge is 0.130 e. The van der Waals surface area contributed by atoms with Gasteiger partial charge in [-0.15, -0.1) is 0 Å². The summed E-state index contributed by atoms with van der Waals surface area (Å²) in [6.45, 7) is 3.83. The highest BCUT2D eigenvalue weighted by Crippen LogP contribution is 2.26. The summed E-state index contributed by atoms with van der Waals surface area (Å²) in [5.41, 5.74) is 8.97. The first kappa shape index (κ1) is 11.5. The van der Waals surface area contributed by atoms with E-state index in [0.29, 0.717) is 11.5 Å². The molecule has 1 heterocycles. The molecule has 2 rings (SSSR count). The molecule has 88 valence electrons. The highest BCUT2D eigenvalue weighted by atomic mass is 19.1. The molecular weight excluding hydrogens is 217 g/mol. The van der Waals surface area contributed by atoms with Crippen molar-refractivity contribution in [2.24, 2.45) is 0 Å². The molecule has 0 aliphatic heterocycles. The van der Waals surface area contributed by atoms with E-state index in [4.69, 9.17) is 5.73 Å². The Labute approximate surface area is 99.5 Å². The lowest BCUT2D eigenvalue weighted by atomic mass is 10.0. The predicted octanol–water partition coefficient (Wildman–Crippen LogP) is 2.74. The Balaban J connectivity index is 2.63. The van der Waals surface area contributed by atoms with E-state index in [-0.39, 0.29) is 5.82 Å². The van der Waals surface area contributed by atoms with Crippen molar-refractivity contribution in [3.8, 4) is 11.3 Å². The number of anilines is 1. The van der Waals surface area contributed by atoms with Gasteiger partial charge in [0.25, 0.3) is 0 Å². The van der Waals surface area contributed by atoms with Crippen LogP contribution in [0.2, 0.25) is 0 Å². The van der Waals surface area contributed by atoms with E-state index in [2.05, 4.69) is 9.97 Å². The number of nitrogen functional groups attached to an aromatic ring is 1. The second-order valence-electron chi connectivity index (χ2n) is 3.96. The molecule has 3 nitrogen and oxygen atoms in total. The van der Waals surface area contributed by atoms with Gasteiger partial charge in [0.1, 0.15) is 18.0 Å². The molecule has 1 aromatic heterocycles. The molecule has 0 saturated carbocycles. The van der Waals surface area contributed by atoms with Gasteiger partial charge in [-0.1, -0.05) is 6.92 Å². The zero-order valence-electron chi connectivity index (χ0n) is 9.87. The first-order chi connectivity index (χ1) is 8.11. The molecule has 0 aliphatic carbocycles. The van der Waals surface area contributed by atoms with Crippen LogP contribution in [0.3, 0.4) is 0 Å². The van der Waals surface area contributed by atoms with Crippen molar-refractivity contribution in [3.63, 3.8) is 0 Å². The largest absolute Gasteiger partial charge is 0.383 e. The molecule has 0 radical (unpaired) electrons. The van der Waals surface area contributed by atoms with Gasteiger partial charge in [0.15, 0.2) is 0 Å². The zero-order chi connectivity index (χ0) is 12.4. The summed E-state index contributed by atoms with van der Waals surface area (Å²) >= 11 is 0. The number of nitrogens with two attached hydrogens (primary N) is 1. The van der Waals surface area contributed by atoms with Gasteiger partial charge in [0, 0.05) is 11.1 Å². The van der Waals surface area contributed by atoms with Crippen molar-refractivity contribution >= 4 is 5.82 Å². The minimum absolute atomic E-state index is 0.265. The quantitative estimate of drug-likeness (QED) is 0.864. The van der Waals surface area contributed by atoms with Crippen molar-refractivity contribution in [1.82, 2.24) is 9.97 Å². The third-order valence-electron chi connectivity index (χ3n) is 2.65. The Morgan fingerprint density at radius 2 is 2.00 bits per heavy atom. The second-order valence-corrected chi connectivity index (χ2v) is 3.96. The number of halogens is 1. The van der Waals surface area contributed by atoms with Crippen molar-refractivity contribution in [2.75, 3.05) is 5.73 Å². The fourth-order valence-corrected chi connectivity index (χ4v) is 1.90. The molecule has 2 N–H and O–H groups in total. The molecule has 0 saturated heterocycles. The van der Waals surface area contributed by atoms with E-state index in [0.717, 1.165) is 23.1 Å². The van der Waals surface area contributed by atoms with Crippen LogP contribution in [-0.2, 0) is 6.42 Å². The summed E-state index contributed by atoms with van der Waals surface area (Å²) in [7, 11) is 0. The monoisotopic (exact) mass is 231 g/mol. The van der Waals surface area contributed by atoms with E-state index in [1.165, 1.54) is 18.5 Å². The SMILES string of the molecule is CCc1c(N)ncnc1-c1cc(C)cc(F)c1. The van der Waals surface area contributed by atoms with Crippen LogP contribution in [0.1, 0.15) is 18.1 Å². The van der Waals surface area contributed by atoms with Crippen molar-refractivity contribution in [1.29, 1.82) is 0 Å². The average Bonchev–Trinajstić information content (AvgIpc) is 2.27. The first-order valence-electron chi connectivity index (χ1n) is 5.48. The Kier molecular flexibility index (Phi) is 3.04. The maximum atomic E-state index is 13.4. The number of nitrogens with zero attached hydrogens (tertiary/aromatic N) is 2. The number of benzene rings is 1. The van der Waals surface area contributed by atoms with Gasteiger partial charge in [-0.25, -0.2) is 14.4 Å². The molecule has 0 unspecified atom stereocenters. The molecule has 4 heteroatoms. The maximum Gasteiger partial charge on any atom is 0.130 e. The van der Waals surface area contributed by atoms with Gasteiger partial charge in [0.2, 0.25) is 0 Å². The van der Waals surface area contributed by atoms with Gasteiger partial charge >= 0.3 is 0 Å². The first-order valence-corrected chi connectivity index (χ1v) is 5.48. The standard InChI is InChI=1S/C13H14FN3/c1-3-11-12(16-7-17-13(11)15)9-4-8(2)5-10(14)6-9/h4-7H,3H2,1-2H3,(H2,15,16,17). The molecule has 0 aliphatic rings. The molecule has 1 aromatic carbocycles. The van der Waals surface area contributed by atoms with Gasteiger partial charge in [-0.05, 0) is 37.1 Å². The molecule has 0 fully saturated rings. The lowest BCUT2D eigenvalue weighted by Gasteiger charge is -2.09. The van der Waals surface area contributed by atoms with Crippen LogP contribution in [0.5, 0.6) is 0 Å². The van der Waals surface area contributed by atoms with E-state index in [9.17, 15) is 4.39 Å². The third-order valence-corrected chi connectivity index (χ3v) is 2.65. The number of rotatable bonds is 2. The average molecular weight is 231 g/mol. The second kappa shape index (κ2) is 4.49. The molecule has 0 atom stereocenters. The van der Waals surface area contributed by atoms with Gasteiger partial charge in [0.05, 0.1) is 5.69 Å². The molecule has 2 aromatic rings. The lowest BCUT2D eigenvalue weighted by molar-refractivity contribution is 0.627. The van der Waals surface area contributed by atoms with E-state index >= 15 is 0 Å². The highest BCUT2D eigenvalue weighted by Gasteiger charge is 2.10. The summed E-state index contributed by atoms with van der Waals surface area (Å²) in [4.78, 5) is 8.16. The number of aromatic nitrogens is 2. The van der Waals surface area contributed by atoms with Crippen molar-refractivity contribution in [3.05, 3.63) is 41.5 Å². The van der Waals surface area contributed by atoms with Crippen LogP contribution in [0.15, 0.2) is 24.5 Å². The summed E-state index contributed by atoms with van der Waals surface area (Å²) in [5.74, 6) is 0.193. The number of aryl methyl sites for hydroxylation is 1. The third kappa shape index (κ3) is 2.25. The fraction of sp³-hybridized carbons (Fsp3) is 0.231. The Morgan fingerprint density at radius 1 is 1.24 bits per heavy atom. The van der Waals surface area contributed by atoms with Crippen molar-refractivity contribution < 1.29 is 4.39 Å². The van der Waals surface area contributed by atoms with Gasteiger partial charge in [-0.3, -0.25) is 0 Å². The Hall–Kier alpha value is -1.97. The number of hydrogen-bond acceptors (Lipinski definition) is 3. The van der Waals surface area contributed by atoms with Gasteiger partial charge in [-0.2, -0.15) is 0 Å². The molecule has 0 bridgehead atoms. The highest BCUT2D eigenvalue weighted by molar-refractivity contribution is 5.67. The molecular formula is C13H14FN3. The van der Waals surface area contributed by atoms with Crippen LogP contribution in [-0.4, -0.2) is 9.97 Å². The Bertz CT molecular complexity index is 532. The summed E-state index contributed by atoms with van der Waals surface area (Å²) < 4.78 is 13.4. The maximum absolute atomic E-state index is 13.4. The van der Waals surface area contributed by atoms with E-state index in [1.807, 2.05) is 19.9 Å². The summed E-state index contributed by atoms with van der Waals surface area (Å²) in [6.07, 6.45) is 2.13. The topological polar surface area (TPSA) is 51.8 Å². The van der Waals surface area contributed by atoms with E-state index in [1.54, 1.807) is 0 Å². The van der Waals surface area contributed by atoms with Gasteiger partial charge < -0.3 is 5.73 Å². The minimum Gasteiger partial charge on any atom is -0.383 e. The van der Waals surface area contributed by atoms with Crippen LogP contribution in [0.4, 0.5) is 10.2 Å². The Morgan fingerprint density at radius 3 is 2.65 bits per heavy atom. The van der Waals surface area contributed by atoms with Crippen LogP contribution in [0.25, 0.3) is 11.3 Å². The minimum atomic E-state index is -0.265. The predicted molar refractivity (Wildman–Crippen MR) is 66.0 cm³/mol. The molecule has 0 spiro atoms. The van der Waals surface area contributed by atoms with Crippen LogP contribution in [0, 0.1) is 12.7 Å². The lowest BCUT2D eigenvalue weighted by Crippen LogP contribution is -2.01. The zero-order valence-corrected chi connectivity index (χ0v) is 9.87. The summed E-state index contributed by atoms with van der Waals surface area (Å²) in [6, 6.07) is 4.84. The number of hydrogen-bond donors (Lipinski definition) is 1. The summed E-state index contributed by atoms with van der Waals surface area (Å²) in [5, 5.41) is 0. The van der Waals surface area contributed by atoms with Crippen LogP contribution >= 0.6 is 0 Å². The van der Waals surface area contributed by atoms with Crippen molar-refractivity contribution in [2.45, 2.75) is 20.3 Å². The van der Waals surface area contributed by atoms with E-state index < -0.39 is 0 Å². The normalized spacial score (nSPS) is 10.5. The molecule has 0 amide bonds. The van der Waals surface area contributed by atoms with Crippen LogP contribution < -0.4 is 5.73 Å². The molecule has 17 heavy (non-hydrogen) atoms. The fourth-order valence-electron chi connectivity index (χ4n) is 1.90.